The SMILES string of the molecule is O=Cc1ccc(NC(=O)c2cc(F)cc(N3CCOCC3)c2)c2ccccc12. The van der Waals surface area contributed by atoms with Gasteiger partial charge in [-0.15, -0.1) is 0 Å². The smallest absolute Gasteiger partial charge is 0.255 e. The molecule has 0 unspecified atom stereocenters. The summed E-state index contributed by atoms with van der Waals surface area (Å²) in [5.41, 5.74) is 2.02. The first-order valence-electron chi connectivity index (χ1n) is 9.07. The summed E-state index contributed by atoms with van der Waals surface area (Å²) in [7, 11) is 0. The number of anilines is 2. The van der Waals surface area contributed by atoms with Gasteiger partial charge in [-0.05, 0) is 35.7 Å². The number of morpholine rings is 1. The molecule has 3 aromatic carbocycles. The van der Waals surface area contributed by atoms with Gasteiger partial charge in [0.1, 0.15) is 5.82 Å². The van der Waals surface area contributed by atoms with Gasteiger partial charge in [-0.2, -0.15) is 0 Å². The summed E-state index contributed by atoms with van der Waals surface area (Å²) in [6.07, 6.45) is 0.787. The van der Waals surface area contributed by atoms with Gasteiger partial charge in [0, 0.05) is 41.0 Å². The molecule has 0 aromatic heterocycles. The molecule has 1 heterocycles. The van der Waals surface area contributed by atoms with E-state index in [-0.39, 0.29) is 5.56 Å². The molecular weight excluding hydrogens is 359 g/mol. The molecule has 1 amide bonds. The van der Waals surface area contributed by atoms with Crippen molar-refractivity contribution in [2.75, 3.05) is 36.5 Å². The van der Waals surface area contributed by atoms with Crippen LogP contribution in [0.1, 0.15) is 20.7 Å². The van der Waals surface area contributed by atoms with E-state index >= 15 is 0 Å². The number of carbonyl (C=O) groups is 2. The maximum absolute atomic E-state index is 14.2. The number of nitrogens with one attached hydrogen (secondary N) is 1. The number of aldehydes is 1. The largest absolute Gasteiger partial charge is 0.378 e. The lowest BCUT2D eigenvalue weighted by Crippen LogP contribution is -2.36. The highest BCUT2D eigenvalue weighted by Gasteiger charge is 2.16. The van der Waals surface area contributed by atoms with Crippen molar-refractivity contribution in [2.24, 2.45) is 0 Å². The normalized spacial score (nSPS) is 14.1. The summed E-state index contributed by atoms with van der Waals surface area (Å²) in [6.45, 7) is 2.46. The highest BCUT2D eigenvalue weighted by Crippen LogP contribution is 2.27. The van der Waals surface area contributed by atoms with Crippen LogP contribution in [0, 0.1) is 5.82 Å². The van der Waals surface area contributed by atoms with Gasteiger partial charge in [0.2, 0.25) is 0 Å². The molecule has 5 nitrogen and oxygen atoms in total. The van der Waals surface area contributed by atoms with E-state index in [4.69, 9.17) is 4.74 Å². The van der Waals surface area contributed by atoms with Crippen LogP contribution in [0.25, 0.3) is 10.8 Å². The molecule has 0 spiro atoms. The monoisotopic (exact) mass is 378 g/mol. The molecular formula is C22H19FN2O3. The number of ether oxygens (including phenoxy) is 1. The molecule has 142 valence electrons. The van der Waals surface area contributed by atoms with Crippen LogP contribution in [0.5, 0.6) is 0 Å². The Morgan fingerprint density at radius 3 is 2.54 bits per heavy atom. The van der Waals surface area contributed by atoms with Crippen LogP contribution in [0.3, 0.4) is 0 Å². The number of fused-ring (bicyclic) bond motifs is 1. The Balaban J connectivity index is 1.65. The maximum atomic E-state index is 14.2. The van der Waals surface area contributed by atoms with Crippen LogP contribution in [0.4, 0.5) is 15.8 Å². The molecule has 1 aliphatic rings. The zero-order valence-corrected chi connectivity index (χ0v) is 15.2. The maximum Gasteiger partial charge on any atom is 0.255 e. The van der Waals surface area contributed by atoms with Gasteiger partial charge in [-0.25, -0.2) is 4.39 Å². The Morgan fingerprint density at radius 2 is 1.79 bits per heavy atom. The van der Waals surface area contributed by atoms with Crippen LogP contribution >= 0.6 is 0 Å². The number of hydrogen-bond donors (Lipinski definition) is 1. The number of benzene rings is 3. The third-order valence-corrected chi connectivity index (χ3v) is 4.85. The fourth-order valence-corrected chi connectivity index (χ4v) is 3.44. The van der Waals surface area contributed by atoms with E-state index in [0.29, 0.717) is 43.2 Å². The topological polar surface area (TPSA) is 58.6 Å². The summed E-state index contributed by atoms with van der Waals surface area (Å²) in [6, 6.07) is 15.0. The number of rotatable bonds is 4. The van der Waals surface area contributed by atoms with Crippen LogP contribution in [0.15, 0.2) is 54.6 Å². The third-order valence-electron chi connectivity index (χ3n) is 4.85. The van der Waals surface area contributed by atoms with E-state index in [2.05, 4.69) is 5.32 Å². The van der Waals surface area contributed by atoms with Gasteiger partial charge in [-0.3, -0.25) is 9.59 Å². The first-order chi connectivity index (χ1) is 13.7. The molecule has 1 aliphatic heterocycles. The number of nitrogens with zero attached hydrogens (tertiary/aromatic N) is 1. The zero-order valence-electron chi connectivity index (χ0n) is 15.2. The second-order valence-corrected chi connectivity index (χ2v) is 6.62. The van der Waals surface area contributed by atoms with Crippen molar-refractivity contribution in [1.29, 1.82) is 0 Å². The van der Waals surface area contributed by atoms with E-state index in [1.165, 1.54) is 12.1 Å². The van der Waals surface area contributed by atoms with Gasteiger partial charge < -0.3 is 15.0 Å². The average molecular weight is 378 g/mol. The lowest BCUT2D eigenvalue weighted by molar-refractivity contribution is 0.102. The van der Waals surface area contributed by atoms with E-state index in [1.54, 1.807) is 18.2 Å². The summed E-state index contributed by atoms with van der Waals surface area (Å²) in [4.78, 5) is 26.1. The number of hydrogen-bond acceptors (Lipinski definition) is 4. The van der Waals surface area contributed by atoms with Gasteiger partial charge in [-0.1, -0.05) is 24.3 Å². The van der Waals surface area contributed by atoms with Crippen molar-refractivity contribution in [3.8, 4) is 0 Å². The second kappa shape index (κ2) is 7.78. The number of amides is 1. The van der Waals surface area contributed by atoms with E-state index in [9.17, 15) is 14.0 Å². The zero-order chi connectivity index (χ0) is 19.5. The predicted molar refractivity (Wildman–Crippen MR) is 107 cm³/mol. The van der Waals surface area contributed by atoms with Crippen molar-refractivity contribution in [2.45, 2.75) is 0 Å². The standard InChI is InChI=1S/C22H19FN2O3/c23-17-11-16(12-18(13-17)25-7-9-28-10-8-25)22(27)24-21-6-5-15(14-26)19-3-1-2-4-20(19)21/h1-6,11-14H,7-10H2,(H,24,27). The molecule has 0 saturated carbocycles. The summed E-state index contributed by atoms with van der Waals surface area (Å²) in [5, 5.41) is 4.35. The Bertz CT molecular complexity index is 1050. The molecule has 3 aromatic rings. The lowest BCUT2D eigenvalue weighted by atomic mass is 10.0. The van der Waals surface area contributed by atoms with Gasteiger partial charge in [0.05, 0.1) is 13.2 Å². The lowest BCUT2D eigenvalue weighted by Gasteiger charge is -2.29. The molecule has 1 fully saturated rings. The summed E-state index contributed by atoms with van der Waals surface area (Å²) < 4.78 is 19.5. The molecule has 1 N–H and O–H groups in total. The van der Waals surface area contributed by atoms with Crippen molar-refractivity contribution in [3.05, 3.63) is 71.5 Å². The molecule has 0 aliphatic carbocycles. The Morgan fingerprint density at radius 1 is 1.04 bits per heavy atom. The molecule has 0 bridgehead atoms. The Labute approximate surface area is 161 Å². The van der Waals surface area contributed by atoms with E-state index in [0.717, 1.165) is 17.1 Å². The van der Waals surface area contributed by atoms with Gasteiger partial charge >= 0.3 is 0 Å². The highest BCUT2D eigenvalue weighted by atomic mass is 19.1. The van der Waals surface area contributed by atoms with E-state index < -0.39 is 11.7 Å². The molecule has 0 radical (unpaired) electrons. The van der Waals surface area contributed by atoms with E-state index in [1.807, 2.05) is 29.2 Å². The molecule has 0 atom stereocenters. The minimum atomic E-state index is -0.463. The summed E-state index contributed by atoms with van der Waals surface area (Å²) >= 11 is 0. The van der Waals surface area contributed by atoms with Crippen LogP contribution in [-0.2, 0) is 4.74 Å². The highest BCUT2D eigenvalue weighted by molar-refractivity contribution is 6.11. The molecule has 28 heavy (non-hydrogen) atoms. The molecule has 4 rings (SSSR count). The third kappa shape index (κ3) is 3.59. The number of halogens is 1. The second-order valence-electron chi connectivity index (χ2n) is 6.62. The number of carbonyl (C=O) groups excluding carboxylic acids is 2. The van der Waals surface area contributed by atoms with Crippen molar-refractivity contribution >= 4 is 34.3 Å². The molecule has 1 saturated heterocycles. The fraction of sp³-hybridized carbons (Fsp3) is 0.182. The average Bonchev–Trinajstić information content (AvgIpc) is 2.74. The Kier molecular flexibility index (Phi) is 5.04. The van der Waals surface area contributed by atoms with Crippen molar-refractivity contribution in [1.82, 2.24) is 0 Å². The Hall–Kier alpha value is -3.25. The quantitative estimate of drug-likeness (QED) is 0.700. The van der Waals surface area contributed by atoms with Gasteiger partial charge in [0.15, 0.2) is 6.29 Å². The molecule has 6 heteroatoms. The van der Waals surface area contributed by atoms with Crippen LogP contribution in [-0.4, -0.2) is 38.5 Å². The van der Waals surface area contributed by atoms with Crippen molar-refractivity contribution in [3.63, 3.8) is 0 Å². The minimum Gasteiger partial charge on any atom is -0.378 e. The first kappa shape index (κ1) is 18.1. The predicted octanol–water partition coefficient (Wildman–Crippen LogP) is 3.88. The first-order valence-corrected chi connectivity index (χ1v) is 9.07. The summed E-state index contributed by atoms with van der Waals surface area (Å²) in [5.74, 6) is -0.867. The van der Waals surface area contributed by atoms with Crippen LogP contribution < -0.4 is 10.2 Å². The van der Waals surface area contributed by atoms with Crippen LogP contribution in [0.2, 0.25) is 0 Å². The van der Waals surface area contributed by atoms with Crippen molar-refractivity contribution < 1.29 is 18.7 Å². The minimum absolute atomic E-state index is 0.241. The fourth-order valence-electron chi connectivity index (χ4n) is 3.44. The van der Waals surface area contributed by atoms with Gasteiger partial charge in [0.25, 0.3) is 5.91 Å².